The number of nitriles is 1. The van der Waals surface area contributed by atoms with Crippen LogP contribution in [0.15, 0.2) is 155 Å². The Bertz CT molecular complexity index is 2330. The number of benzene rings is 6. The van der Waals surface area contributed by atoms with Crippen LogP contribution in [0.5, 0.6) is 0 Å². The third kappa shape index (κ3) is 3.84. The van der Waals surface area contributed by atoms with Gasteiger partial charge in [0.2, 0.25) is 0 Å². The number of nitrogens with zero attached hydrogens (tertiary/aromatic N) is 4. The Labute approximate surface area is 271 Å². The van der Waals surface area contributed by atoms with Gasteiger partial charge in [-0.25, -0.2) is 15.0 Å². The molecule has 0 radical (unpaired) electrons. The van der Waals surface area contributed by atoms with E-state index in [2.05, 4.69) is 97.1 Å². The van der Waals surface area contributed by atoms with Crippen LogP contribution in [0, 0.1) is 11.3 Å². The second kappa shape index (κ2) is 10.4. The molecular formula is C41H24N4S. The van der Waals surface area contributed by atoms with Gasteiger partial charge in [0, 0.05) is 26.5 Å². The Kier molecular flexibility index (Phi) is 5.99. The van der Waals surface area contributed by atoms with E-state index in [1.54, 1.807) is 6.07 Å². The van der Waals surface area contributed by atoms with E-state index in [1.807, 2.05) is 60.3 Å². The first-order valence-electron chi connectivity index (χ1n) is 15.2. The highest BCUT2D eigenvalue weighted by atomic mass is 32.2. The fourth-order valence-corrected chi connectivity index (χ4v) is 8.30. The summed E-state index contributed by atoms with van der Waals surface area (Å²) in [5.74, 6) is 1.61. The van der Waals surface area contributed by atoms with Gasteiger partial charge in [0.25, 0.3) is 0 Å². The highest BCUT2D eigenvalue weighted by Gasteiger charge is 2.50. The van der Waals surface area contributed by atoms with E-state index < -0.39 is 5.41 Å². The first-order valence-corrected chi connectivity index (χ1v) is 16.0. The molecule has 0 atom stereocenters. The van der Waals surface area contributed by atoms with E-state index in [1.165, 1.54) is 43.2 Å². The van der Waals surface area contributed by atoms with Crippen molar-refractivity contribution in [3.63, 3.8) is 0 Å². The monoisotopic (exact) mass is 604 g/mol. The lowest BCUT2D eigenvalue weighted by molar-refractivity contribution is 0.722. The number of fused-ring (bicyclic) bond motifs is 9. The molecule has 214 valence electrons. The molecular weight excluding hydrogens is 581 g/mol. The first-order chi connectivity index (χ1) is 22.8. The molecule has 1 aromatic heterocycles. The number of hydrogen-bond acceptors (Lipinski definition) is 5. The molecule has 1 aliphatic heterocycles. The SMILES string of the molecule is N#Cc1ccccc1-c1nc(-c2ccccc2)nc(-c2ccc3c(c2)C2(c4ccccc4Sc4ccccc42)c2ccccc2-3)n1. The number of hydrogen-bond donors (Lipinski definition) is 0. The Morgan fingerprint density at radius 2 is 1.00 bits per heavy atom. The smallest absolute Gasteiger partial charge is 0.165 e. The topological polar surface area (TPSA) is 62.5 Å². The van der Waals surface area contributed by atoms with Crippen LogP contribution in [-0.4, -0.2) is 15.0 Å². The summed E-state index contributed by atoms with van der Waals surface area (Å²) in [6.07, 6.45) is 0. The van der Waals surface area contributed by atoms with E-state index in [0.29, 0.717) is 28.6 Å². The molecule has 1 aliphatic carbocycles. The molecule has 0 fully saturated rings. The maximum atomic E-state index is 9.92. The molecule has 46 heavy (non-hydrogen) atoms. The predicted molar refractivity (Wildman–Crippen MR) is 182 cm³/mol. The van der Waals surface area contributed by atoms with Crippen molar-refractivity contribution in [1.82, 2.24) is 15.0 Å². The Hall–Kier alpha value is -5.83. The van der Waals surface area contributed by atoms with Gasteiger partial charge in [0.15, 0.2) is 17.5 Å². The average molecular weight is 605 g/mol. The van der Waals surface area contributed by atoms with Crippen molar-refractivity contribution in [1.29, 1.82) is 5.26 Å². The number of rotatable bonds is 3. The Balaban J connectivity index is 1.33. The summed E-state index contributed by atoms with van der Waals surface area (Å²) in [6, 6.07) is 52.7. The maximum absolute atomic E-state index is 9.92. The lowest BCUT2D eigenvalue weighted by atomic mass is 9.67. The second-order valence-electron chi connectivity index (χ2n) is 11.5. The molecule has 0 bridgehead atoms. The molecule has 4 nitrogen and oxygen atoms in total. The molecule has 0 unspecified atom stereocenters. The molecule has 7 aromatic rings. The van der Waals surface area contributed by atoms with Gasteiger partial charge in [-0.15, -0.1) is 0 Å². The molecule has 6 aromatic carbocycles. The van der Waals surface area contributed by atoms with Crippen LogP contribution in [0.1, 0.15) is 27.8 Å². The summed E-state index contributed by atoms with van der Waals surface area (Å²) >= 11 is 1.84. The van der Waals surface area contributed by atoms with Crippen LogP contribution in [0.2, 0.25) is 0 Å². The molecule has 2 aliphatic rings. The lowest BCUT2D eigenvalue weighted by Crippen LogP contribution is -2.31. The summed E-state index contributed by atoms with van der Waals surface area (Å²) in [6.45, 7) is 0. The molecule has 0 N–H and O–H groups in total. The molecule has 0 amide bonds. The largest absolute Gasteiger partial charge is 0.208 e. The van der Waals surface area contributed by atoms with Gasteiger partial charge in [-0.2, -0.15) is 5.26 Å². The van der Waals surface area contributed by atoms with Crippen LogP contribution in [0.4, 0.5) is 0 Å². The molecule has 1 spiro atoms. The quantitative estimate of drug-likeness (QED) is 0.201. The van der Waals surface area contributed by atoms with Crippen LogP contribution in [-0.2, 0) is 5.41 Å². The van der Waals surface area contributed by atoms with Crippen LogP contribution in [0.3, 0.4) is 0 Å². The highest BCUT2D eigenvalue weighted by Crippen LogP contribution is 2.62. The van der Waals surface area contributed by atoms with E-state index in [0.717, 1.165) is 11.1 Å². The minimum atomic E-state index is -0.494. The van der Waals surface area contributed by atoms with Crippen molar-refractivity contribution in [2.45, 2.75) is 15.2 Å². The van der Waals surface area contributed by atoms with Gasteiger partial charge in [-0.3, -0.25) is 0 Å². The van der Waals surface area contributed by atoms with Gasteiger partial charge >= 0.3 is 0 Å². The summed E-state index contributed by atoms with van der Waals surface area (Å²) in [4.78, 5) is 17.5. The zero-order chi connectivity index (χ0) is 30.7. The molecule has 0 saturated heterocycles. The molecule has 5 heteroatoms. The third-order valence-electron chi connectivity index (χ3n) is 9.06. The maximum Gasteiger partial charge on any atom is 0.165 e. The minimum Gasteiger partial charge on any atom is -0.208 e. The van der Waals surface area contributed by atoms with Gasteiger partial charge in [-0.1, -0.05) is 127 Å². The second-order valence-corrected chi connectivity index (χ2v) is 12.6. The summed E-state index contributed by atoms with van der Waals surface area (Å²) in [5, 5.41) is 9.92. The van der Waals surface area contributed by atoms with Gasteiger partial charge in [0.05, 0.1) is 17.0 Å². The van der Waals surface area contributed by atoms with Crippen molar-refractivity contribution in [3.05, 3.63) is 173 Å². The Morgan fingerprint density at radius 1 is 0.457 bits per heavy atom. The normalized spacial score (nSPS) is 13.3. The van der Waals surface area contributed by atoms with Crippen molar-refractivity contribution in [3.8, 4) is 51.4 Å². The van der Waals surface area contributed by atoms with Crippen LogP contribution in [0.25, 0.3) is 45.3 Å². The van der Waals surface area contributed by atoms with E-state index in [4.69, 9.17) is 15.0 Å². The third-order valence-corrected chi connectivity index (χ3v) is 10.2. The zero-order valence-corrected chi connectivity index (χ0v) is 25.4. The summed E-state index contributed by atoms with van der Waals surface area (Å²) in [7, 11) is 0. The molecule has 2 heterocycles. The average Bonchev–Trinajstić information content (AvgIpc) is 3.42. The summed E-state index contributed by atoms with van der Waals surface area (Å²) < 4.78 is 0. The van der Waals surface area contributed by atoms with Crippen molar-refractivity contribution >= 4 is 11.8 Å². The molecule has 9 rings (SSSR count). The fraction of sp³-hybridized carbons (Fsp3) is 0.0244. The van der Waals surface area contributed by atoms with Crippen LogP contribution < -0.4 is 0 Å². The van der Waals surface area contributed by atoms with Crippen LogP contribution >= 0.6 is 11.8 Å². The minimum absolute atomic E-state index is 0.476. The first kappa shape index (κ1) is 26.6. The lowest BCUT2D eigenvalue weighted by Gasteiger charge is -2.39. The summed E-state index contributed by atoms with van der Waals surface area (Å²) in [5.41, 5.74) is 10.0. The molecule has 0 saturated carbocycles. The predicted octanol–water partition coefficient (Wildman–Crippen LogP) is 9.57. The van der Waals surface area contributed by atoms with Crippen molar-refractivity contribution < 1.29 is 0 Å². The van der Waals surface area contributed by atoms with Gasteiger partial charge < -0.3 is 0 Å². The number of aromatic nitrogens is 3. The zero-order valence-electron chi connectivity index (χ0n) is 24.6. The van der Waals surface area contributed by atoms with Gasteiger partial charge in [0.1, 0.15) is 0 Å². The Morgan fingerprint density at radius 3 is 1.72 bits per heavy atom. The van der Waals surface area contributed by atoms with Crippen molar-refractivity contribution in [2.24, 2.45) is 0 Å². The van der Waals surface area contributed by atoms with Gasteiger partial charge in [-0.05, 0) is 63.7 Å². The fourth-order valence-electron chi connectivity index (χ4n) is 7.11. The van der Waals surface area contributed by atoms with Crippen molar-refractivity contribution in [2.75, 3.05) is 0 Å². The standard InChI is InChI=1S/C41H24N4S/c42-25-28-14-4-5-15-29(28)40-44-38(26-12-2-1-3-13-26)43-39(45-40)27-22-23-31-30-16-6-7-17-32(30)41(35(31)24-27)33-18-8-10-20-36(33)46-37-21-11-9-19-34(37)41/h1-24H. The van der Waals surface area contributed by atoms with E-state index in [9.17, 15) is 5.26 Å². The van der Waals surface area contributed by atoms with E-state index >= 15 is 0 Å². The highest BCUT2D eigenvalue weighted by molar-refractivity contribution is 7.99. The van der Waals surface area contributed by atoms with E-state index in [-0.39, 0.29) is 0 Å².